The highest BCUT2D eigenvalue weighted by molar-refractivity contribution is 14.0. The van der Waals surface area contributed by atoms with Crippen molar-refractivity contribution >= 4 is 36.0 Å². The van der Waals surface area contributed by atoms with Crippen LogP contribution in [-0.2, 0) is 11.3 Å². The van der Waals surface area contributed by atoms with E-state index in [1.807, 2.05) is 52.0 Å². The van der Waals surface area contributed by atoms with Gasteiger partial charge in [-0.3, -0.25) is 4.99 Å². The molecule has 2 heterocycles. The average Bonchev–Trinajstić information content (AvgIpc) is 3.19. The summed E-state index contributed by atoms with van der Waals surface area (Å²) in [4.78, 5) is 23.0. The first-order valence-electron chi connectivity index (χ1n) is 10.7. The van der Waals surface area contributed by atoms with Gasteiger partial charge in [-0.25, -0.2) is 9.78 Å². The van der Waals surface area contributed by atoms with Crippen LogP contribution in [0.5, 0.6) is 0 Å². The highest BCUT2D eigenvalue weighted by Gasteiger charge is 2.28. The van der Waals surface area contributed by atoms with E-state index in [9.17, 15) is 4.79 Å². The van der Waals surface area contributed by atoms with Crippen molar-refractivity contribution in [3.05, 3.63) is 41.8 Å². The Morgan fingerprint density at radius 2 is 2.03 bits per heavy atom. The number of nitrogens with one attached hydrogen (secondary N) is 2. The Morgan fingerprint density at radius 3 is 2.69 bits per heavy atom. The molecular weight excluding hydrogens is 521 g/mol. The minimum Gasteiger partial charge on any atom is -0.444 e. The molecule has 2 N–H and O–H groups in total. The number of nitrogens with zero attached hydrogens (tertiary/aromatic N) is 3. The second kappa shape index (κ2) is 11.5. The monoisotopic (exact) mass is 555 g/mol. The second-order valence-corrected chi connectivity index (χ2v) is 8.85. The van der Waals surface area contributed by atoms with E-state index in [4.69, 9.17) is 9.15 Å². The molecule has 3 rings (SSSR count). The van der Waals surface area contributed by atoms with E-state index in [1.54, 1.807) is 18.2 Å². The van der Waals surface area contributed by atoms with Gasteiger partial charge in [-0.2, -0.15) is 0 Å². The zero-order chi connectivity index (χ0) is 22.4. The van der Waals surface area contributed by atoms with Crippen molar-refractivity contribution in [2.24, 2.45) is 4.99 Å². The molecule has 1 aliphatic rings. The summed E-state index contributed by atoms with van der Waals surface area (Å²) in [6.45, 7) is 9.46. The van der Waals surface area contributed by atoms with E-state index in [-0.39, 0.29) is 36.1 Å². The molecule has 1 atom stereocenters. The Balaban J connectivity index is 0.00000363. The van der Waals surface area contributed by atoms with E-state index in [2.05, 4.69) is 20.6 Å². The number of carbonyl (C=O) groups is 1. The smallest absolute Gasteiger partial charge is 0.410 e. The van der Waals surface area contributed by atoms with Gasteiger partial charge in [0.05, 0.1) is 12.2 Å². The van der Waals surface area contributed by atoms with Gasteiger partial charge in [0.15, 0.2) is 5.96 Å². The van der Waals surface area contributed by atoms with Crippen LogP contribution >= 0.6 is 24.0 Å². The van der Waals surface area contributed by atoms with Crippen molar-refractivity contribution in [1.82, 2.24) is 20.5 Å². The number of piperidine rings is 1. The first-order chi connectivity index (χ1) is 14.7. The van der Waals surface area contributed by atoms with E-state index in [1.165, 1.54) is 5.56 Å². The molecule has 9 heteroatoms. The maximum absolute atomic E-state index is 12.4. The maximum Gasteiger partial charge on any atom is 0.410 e. The predicted octanol–water partition coefficient (Wildman–Crippen LogP) is 4.33. The fraction of sp³-hybridized carbons (Fsp3) is 0.522. The molecule has 32 heavy (non-hydrogen) atoms. The van der Waals surface area contributed by atoms with Crippen molar-refractivity contribution < 1.29 is 13.9 Å². The Labute approximate surface area is 207 Å². The number of benzene rings is 1. The Kier molecular flexibility index (Phi) is 9.35. The van der Waals surface area contributed by atoms with Gasteiger partial charge in [-0.05, 0) is 52.7 Å². The molecule has 1 aliphatic heterocycles. The number of aromatic nitrogens is 1. The van der Waals surface area contributed by atoms with Gasteiger partial charge in [0.25, 0.3) is 0 Å². The third-order valence-electron chi connectivity index (χ3n) is 4.92. The zero-order valence-electron chi connectivity index (χ0n) is 19.5. The van der Waals surface area contributed by atoms with Gasteiger partial charge < -0.3 is 24.7 Å². The van der Waals surface area contributed by atoms with Crippen LogP contribution < -0.4 is 10.6 Å². The minimum absolute atomic E-state index is 0. The Morgan fingerprint density at radius 1 is 1.31 bits per heavy atom. The molecule has 176 valence electrons. The van der Waals surface area contributed by atoms with Gasteiger partial charge in [0, 0.05) is 31.7 Å². The van der Waals surface area contributed by atoms with Gasteiger partial charge >= 0.3 is 6.09 Å². The number of carbonyl (C=O) groups excluding carboxylic acids is 1. The first kappa shape index (κ1) is 26.0. The largest absolute Gasteiger partial charge is 0.444 e. The molecular formula is C23H34IN5O3. The van der Waals surface area contributed by atoms with Gasteiger partial charge in [0.2, 0.25) is 5.89 Å². The number of rotatable bonds is 4. The Hall–Kier alpha value is -2.30. The third kappa shape index (κ3) is 7.68. The van der Waals surface area contributed by atoms with Crippen molar-refractivity contribution in [2.75, 3.05) is 20.1 Å². The molecule has 1 aromatic heterocycles. The number of guanidine groups is 1. The number of ether oxygens (including phenoxy) is 1. The van der Waals surface area contributed by atoms with Crippen molar-refractivity contribution in [3.63, 3.8) is 0 Å². The molecule has 0 saturated carbocycles. The van der Waals surface area contributed by atoms with Crippen LogP contribution in [0.1, 0.15) is 44.9 Å². The maximum atomic E-state index is 12.4. The normalized spacial score (nSPS) is 16.8. The molecule has 1 amide bonds. The van der Waals surface area contributed by atoms with Crippen LogP contribution in [-0.4, -0.2) is 53.7 Å². The quantitative estimate of drug-likeness (QED) is 0.332. The minimum atomic E-state index is -0.496. The predicted molar refractivity (Wildman–Crippen MR) is 136 cm³/mol. The summed E-state index contributed by atoms with van der Waals surface area (Å²) in [5.74, 6) is 1.26. The molecule has 2 aromatic rings. The Bertz CT molecular complexity index is 905. The third-order valence-corrected chi connectivity index (χ3v) is 4.92. The molecule has 1 aromatic carbocycles. The second-order valence-electron chi connectivity index (χ2n) is 8.85. The number of oxazole rings is 1. The molecule has 1 unspecified atom stereocenters. The van der Waals surface area contributed by atoms with E-state index >= 15 is 0 Å². The number of aryl methyl sites for hydroxylation is 1. The van der Waals surface area contributed by atoms with Gasteiger partial charge in [-0.1, -0.05) is 17.7 Å². The molecule has 1 fully saturated rings. The molecule has 0 radical (unpaired) electrons. The average molecular weight is 555 g/mol. The molecule has 1 saturated heterocycles. The highest BCUT2D eigenvalue weighted by Crippen LogP contribution is 2.19. The standard InChI is InChI=1S/C23H33N5O3.HI/c1-16-8-10-17(11-9-16)20-26-19(15-30-20)13-25-21(24-5)27-18-7-6-12-28(14-18)22(29)31-23(2,3)4;/h8-11,15,18H,6-7,12-14H2,1-5H3,(H2,24,25,27);1H. The summed E-state index contributed by atoms with van der Waals surface area (Å²) in [6, 6.07) is 8.17. The molecule has 8 nitrogen and oxygen atoms in total. The lowest BCUT2D eigenvalue weighted by Gasteiger charge is -2.35. The van der Waals surface area contributed by atoms with Crippen LogP contribution in [0.25, 0.3) is 11.5 Å². The summed E-state index contributed by atoms with van der Waals surface area (Å²) >= 11 is 0. The van der Waals surface area contributed by atoms with E-state index in [0.717, 1.165) is 24.1 Å². The lowest BCUT2D eigenvalue weighted by Crippen LogP contribution is -2.53. The van der Waals surface area contributed by atoms with Crippen LogP contribution in [0.3, 0.4) is 0 Å². The zero-order valence-corrected chi connectivity index (χ0v) is 21.8. The number of amides is 1. The summed E-state index contributed by atoms with van der Waals surface area (Å²) in [5, 5.41) is 6.67. The number of hydrogen-bond acceptors (Lipinski definition) is 5. The van der Waals surface area contributed by atoms with E-state index in [0.29, 0.717) is 31.5 Å². The van der Waals surface area contributed by atoms with Crippen molar-refractivity contribution in [3.8, 4) is 11.5 Å². The lowest BCUT2D eigenvalue weighted by atomic mass is 10.1. The fourth-order valence-corrected chi connectivity index (χ4v) is 3.37. The molecule has 0 spiro atoms. The highest BCUT2D eigenvalue weighted by atomic mass is 127. The lowest BCUT2D eigenvalue weighted by molar-refractivity contribution is 0.0193. The topological polar surface area (TPSA) is 92.0 Å². The number of hydrogen-bond donors (Lipinski definition) is 2. The fourth-order valence-electron chi connectivity index (χ4n) is 3.37. The number of likely N-dealkylation sites (tertiary alicyclic amines) is 1. The number of aliphatic imine (C=N–C) groups is 1. The summed E-state index contributed by atoms with van der Waals surface area (Å²) in [6.07, 6.45) is 3.26. The SMILES string of the molecule is CN=C(NCc1coc(-c2ccc(C)cc2)n1)NC1CCCN(C(=O)OC(C)(C)C)C1.I. The van der Waals surface area contributed by atoms with Gasteiger partial charge in [0.1, 0.15) is 11.9 Å². The van der Waals surface area contributed by atoms with Crippen molar-refractivity contribution in [2.45, 2.75) is 58.7 Å². The van der Waals surface area contributed by atoms with Crippen molar-refractivity contribution in [1.29, 1.82) is 0 Å². The van der Waals surface area contributed by atoms with Crippen LogP contribution in [0, 0.1) is 6.92 Å². The van der Waals surface area contributed by atoms with E-state index < -0.39 is 5.60 Å². The number of halogens is 1. The van der Waals surface area contributed by atoms with Gasteiger partial charge in [-0.15, -0.1) is 24.0 Å². The summed E-state index contributed by atoms with van der Waals surface area (Å²) in [5.41, 5.74) is 2.44. The molecule has 0 bridgehead atoms. The first-order valence-corrected chi connectivity index (χ1v) is 10.7. The summed E-state index contributed by atoms with van der Waals surface area (Å²) in [7, 11) is 1.73. The molecule has 0 aliphatic carbocycles. The summed E-state index contributed by atoms with van der Waals surface area (Å²) < 4.78 is 11.1. The van der Waals surface area contributed by atoms with Crippen LogP contribution in [0.2, 0.25) is 0 Å². The van der Waals surface area contributed by atoms with Crippen LogP contribution in [0.15, 0.2) is 39.9 Å². The van der Waals surface area contributed by atoms with Crippen LogP contribution in [0.4, 0.5) is 4.79 Å².